The van der Waals surface area contributed by atoms with Crippen molar-refractivity contribution in [3.05, 3.63) is 102 Å². The summed E-state index contributed by atoms with van der Waals surface area (Å²) in [6, 6.07) is 25.3. The molecule has 0 aliphatic rings. The largest absolute Gasteiger partial charge is 0.492 e. The highest BCUT2D eigenvalue weighted by atomic mass is 19.1. The number of carbonyl (C=O) groups is 1. The molecule has 0 saturated carbocycles. The second-order valence-electron chi connectivity index (χ2n) is 6.29. The molecule has 3 rings (SSSR count). The molecule has 5 heteroatoms. The first-order chi connectivity index (χ1) is 13.7. The van der Waals surface area contributed by atoms with Crippen LogP contribution >= 0.6 is 0 Å². The second kappa shape index (κ2) is 10.2. The first-order valence-corrected chi connectivity index (χ1v) is 9.21. The van der Waals surface area contributed by atoms with E-state index in [1.165, 1.54) is 12.1 Å². The predicted molar refractivity (Wildman–Crippen MR) is 108 cm³/mol. The minimum absolute atomic E-state index is 0.125. The Morgan fingerprint density at radius 3 is 2.14 bits per heavy atom. The number of halogens is 1. The molecule has 0 aliphatic heterocycles. The lowest BCUT2D eigenvalue weighted by Crippen LogP contribution is -2.37. The molecular formula is C23H23FN2O2. The van der Waals surface area contributed by atoms with Crippen LogP contribution in [0.15, 0.2) is 84.9 Å². The van der Waals surface area contributed by atoms with E-state index in [-0.39, 0.29) is 24.3 Å². The summed E-state index contributed by atoms with van der Waals surface area (Å²) in [6.07, 6.45) is 0. The Bertz CT molecular complexity index is 855. The molecule has 0 heterocycles. The van der Waals surface area contributed by atoms with Crippen molar-refractivity contribution in [1.82, 2.24) is 10.6 Å². The maximum absolute atomic E-state index is 13.3. The van der Waals surface area contributed by atoms with Gasteiger partial charge in [0, 0.05) is 0 Å². The Morgan fingerprint density at radius 1 is 0.857 bits per heavy atom. The zero-order valence-electron chi connectivity index (χ0n) is 15.5. The molecule has 0 bridgehead atoms. The van der Waals surface area contributed by atoms with Gasteiger partial charge in [-0.25, -0.2) is 4.39 Å². The van der Waals surface area contributed by atoms with E-state index in [1.54, 1.807) is 12.1 Å². The number of hydrogen-bond donors (Lipinski definition) is 2. The summed E-state index contributed by atoms with van der Waals surface area (Å²) in [4.78, 5) is 12.2. The van der Waals surface area contributed by atoms with Crippen molar-refractivity contribution in [2.45, 2.75) is 6.04 Å². The molecular weight excluding hydrogens is 355 g/mol. The zero-order chi connectivity index (χ0) is 19.6. The van der Waals surface area contributed by atoms with Crippen LogP contribution in [0.3, 0.4) is 0 Å². The van der Waals surface area contributed by atoms with Crippen molar-refractivity contribution in [1.29, 1.82) is 0 Å². The van der Waals surface area contributed by atoms with E-state index in [9.17, 15) is 9.18 Å². The van der Waals surface area contributed by atoms with Gasteiger partial charge in [0.05, 0.1) is 19.1 Å². The van der Waals surface area contributed by atoms with Crippen LogP contribution in [0.5, 0.6) is 5.75 Å². The average Bonchev–Trinajstić information content (AvgIpc) is 2.74. The monoisotopic (exact) mass is 378 g/mol. The zero-order valence-corrected chi connectivity index (χ0v) is 15.5. The lowest BCUT2D eigenvalue weighted by atomic mass is 9.98. The van der Waals surface area contributed by atoms with Crippen molar-refractivity contribution >= 4 is 5.91 Å². The minimum Gasteiger partial charge on any atom is -0.492 e. The molecule has 2 N–H and O–H groups in total. The highest BCUT2D eigenvalue weighted by Crippen LogP contribution is 2.22. The molecule has 1 unspecified atom stereocenters. The SMILES string of the molecule is O=C(CNC(c1ccccc1)c1ccc(F)cc1)NCCOc1ccccc1. The van der Waals surface area contributed by atoms with Gasteiger partial charge in [0.25, 0.3) is 0 Å². The summed E-state index contributed by atoms with van der Waals surface area (Å²) in [5.41, 5.74) is 1.90. The van der Waals surface area contributed by atoms with Gasteiger partial charge >= 0.3 is 0 Å². The summed E-state index contributed by atoms with van der Waals surface area (Å²) in [7, 11) is 0. The molecule has 0 spiro atoms. The highest BCUT2D eigenvalue weighted by molar-refractivity contribution is 5.78. The van der Waals surface area contributed by atoms with Gasteiger partial charge in [-0.05, 0) is 35.4 Å². The normalized spacial score (nSPS) is 11.6. The van der Waals surface area contributed by atoms with Gasteiger partial charge in [0.1, 0.15) is 18.2 Å². The predicted octanol–water partition coefficient (Wildman–Crippen LogP) is 3.70. The Morgan fingerprint density at radius 2 is 1.46 bits per heavy atom. The molecule has 0 aromatic heterocycles. The number of ether oxygens (including phenoxy) is 1. The number of para-hydroxylation sites is 1. The van der Waals surface area contributed by atoms with Crippen molar-refractivity contribution in [2.75, 3.05) is 19.7 Å². The third kappa shape index (κ3) is 5.93. The van der Waals surface area contributed by atoms with Crippen LogP contribution < -0.4 is 15.4 Å². The Hall–Kier alpha value is -3.18. The molecule has 0 saturated heterocycles. The fraction of sp³-hybridized carbons (Fsp3) is 0.174. The quantitative estimate of drug-likeness (QED) is 0.558. The summed E-state index contributed by atoms with van der Waals surface area (Å²) in [5, 5.41) is 6.09. The number of nitrogens with one attached hydrogen (secondary N) is 2. The standard InChI is InChI=1S/C23H23FN2O2/c24-20-13-11-19(12-14-20)23(18-7-3-1-4-8-18)26-17-22(27)25-15-16-28-21-9-5-2-6-10-21/h1-14,23,26H,15-17H2,(H,25,27). The van der Waals surface area contributed by atoms with E-state index < -0.39 is 0 Å². The van der Waals surface area contributed by atoms with E-state index in [2.05, 4.69) is 10.6 Å². The molecule has 144 valence electrons. The van der Waals surface area contributed by atoms with Gasteiger partial charge in [0.15, 0.2) is 0 Å². The van der Waals surface area contributed by atoms with E-state index in [0.717, 1.165) is 16.9 Å². The van der Waals surface area contributed by atoms with Gasteiger partial charge in [-0.3, -0.25) is 10.1 Å². The van der Waals surface area contributed by atoms with Gasteiger partial charge in [-0.2, -0.15) is 0 Å². The molecule has 0 aliphatic carbocycles. The topological polar surface area (TPSA) is 50.4 Å². The number of benzene rings is 3. The van der Waals surface area contributed by atoms with E-state index in [1.807, 2.05) is 60.7 Å². The summed E-state index contributed by atoms with van der Waals surface area (Å²) >= 11 is 0. The van der Waals surface area contributed by atoms with E-state index >= 15 is 0 Å². The molecule has 0 radical (unpaired) electrons. The van der Waals surface area contributed by atoms with Crippen LogP contribution in [0.25, 0.3) is 0 Å². The van der Waals surface area contributed by atoms with Crippen LogP contribution in [-0.2, 0) is 4.79 Å². The molecule has 1 atom stereocenters. The third-order valence-corrected chi connectivity index (χ3v) is 4.24. The number of carbonyl (C=O) groups excluding carboxylic acids is 1. The maximum Gasteiger partial charge on any atom is 0.234 e. The maximum atomic E-state index is 13.3. The highest BCUT2D eigenvalue weighted by Gasteiger charge is 2.15. The summed E-state index contributed by atoms with van der Waals surface area (Å²) < 4.78 is 18.8. The fourth-order valence-corrected chi connectivity index (χ4v) is 2.86. The average molecular weight is 378 g/mol. The molecule has 0 fully saturated rings. The third-order valence-electron chi connectivity index (χ3n) is 4.24. The van der Waals surface area contributed by atoms with E-state index in [4.69, 9.17) is 4.74 Å². The lowest BCUT2D eigenvalue weighted by molar-refractivity contribution is -0.120. The molecule has 28 heavy (non-hydrogen) atoms. The smallest absolute Gasteiger partial charge is 0.234 e. The number of hydrogen-bond acceptors (Lipinski definition) is 3. The van der Waals surface area contributed by atoms with Gasteiger partial charge in [-0.15, -0.1) is 0 Å². The number of rotatable bonds is 9. The van der Waals surface area contributed by atoms with Crippen molar-refractivity contribution in [3.8, 4) is 5.75 Å². The van der Waals surface area contributed by atoms with Crippen molar-refractivity contribution < 1.29 is 13.9 Å². The van der Waals surface area contributed by atoms with Crippen molar-refractivity contribution in [3.63, 3.8) is 0 Å². The first kappa shape index (κ1) is 19.6. The van der Waals surface area contributed by atoms with Gasteiger partial charge < -0.3 is 10.1 Å². The Balaban J connectivity index is 1.51. The van der Waals surface area contributed by atoms with Crippen LogP contribution in [0, 0.1) is 5.82 Å². The number of amides is 1. The fourth-order valence-electron chi connectivity index (χ4n) is 2.86. The Labute approximate surface area is 164 Å². The van der Waals surface area contributed by atoms with Crippen LogP contribution in [-0.4, -0.2) is 25.6 Å². The summed E-state index contributed by atoms with van der Waals surface area (Å²) in [6.45, 7) is 0.958. The lowest BCUT2D eigenvalue weighted by Gasteiger charge is -2.20. The van der Waals surface area contributed by atoms with Gasteiger partial charge in [-0.1, -0.05) is 60.7 Å². The van der Waals surface area contributed by atoms with Crippen LogP contribution in [0.2, 0.25) is 0 Å². The molecule has 4 nitrogen and oxygen atoms in total. The van der Waals surface area contributed by atoms with E-state index in [0.29, 0.717) is 13.2 Å². The Kier molecular flexibility index (Phi) is 7.15. The molecule has 1 amide bonds. The summed E-state index contributed by atoms with van der Waals surface area (Å²) in [5.74, 6) is 0.363. The molecule has 3 aromatic rings. The second-order valence-corrected chi connectivity index (χ2v) is 6.29. The molecule has 3 aromatic carbocycles. The van der Waals surface area contributed by atoms with Crippen LogP contribution in [0.1, 0.15) is 17.2 Å². The first-order valence-electron chi connectivity index (χ1n) is 9.21. The van der Waals surface area contributed by atoms with Gasteiger partial charge in [0.2, 0.25) is 5.91 Å². The van der Waals surface area contributed by atoms with Crippen LogP contribution in [0.4, 0.5) is 4.39 Å². The minimum atomic E-state index is -0.285. The van der Waals surface area contributed by atoms with Crippen molar-refractivity contribution in [2.24, 2.45) is 0 Å².